The number of benzene rings is 1. The molecule has 5 rings (SSSR count). The molecule has 2 heterocycles. The summed E-state index contributed by atoms with van der Waals surface area (Å²) in [6.07, 6.45) is 6.43. The van der Waals surface area contributed by atoms with E-state index in [4.69, 9.17) is 4.74 Å². The summed E-state index contributed by atoms with van der Waals surface area (Å²) in [7, 11) is 0. The Kier molecular flexibility index (Phi) is 4.43. The van der Waals surface area contributed by atoms with Crippen LogP contribution in [0.5, 0.6) is 5.75 Å². The van der Waals surface area contributed by atoms with Crippen molar-refractivity contribution in [3.63, 3.8) is 0 Å². The molecule has 2 saturated carbocycles. The van der Waals surface area contributed by atoms with Crippen LogP contribution >= 0.6 is 0 Å². The molecule has 4 aliphatic rings. The first-order valence-corrected chi connectivity index (χ1v) is 10.5. The highest BCUT2D eigenvalue weighted by atomic mass is 16.5. The van der Waals surface area contributed by atoms with Crippen LogP contribution < -0.4 is 4.74 Å². The van der Waals surface area contributed by atoms with Crippen molar-refractivity contribution in [2.45, 2.75) is 50.6 Å². The van der Waals surface area contributed by atoms with Crippen LogP contribution in [0.15, 0.2) is 24.3 Å². The largest absolute Gasteiger partial charge is 0.494 e. The number of ether oxygens (including phenoxy) is 1. The Balaban J connectivity index is 1.03. The topological polar surface area (TPSA) is 49.9 Å². The molecule has 5 nitrogen and oxygen atoms in total. The first-order chi connectivity index (χ1) is 13.2. The number of Topliss-reactive ketones (excluding diaryl/α,β-unsaturated/α-hetero) is 1. The average molecular weight is 368 g/mol. The van der Waals surface area contributed by atoms with E-state index in [1.807, 2.05) is 24.3 Å². The van der Waals surface area contributed by atoms with Gasteiger partial charge in [0.2, 0.25) is 5.91 Å². The maximum Gasteiger partial charge on any atom is 0.226 e. The van der Waals surface area contributed by atoms with E-state index in [9.17, 15) is 9.59 Å². The van der Waals surface area contributed by atoms with E-state index in [1.165, 1.54) is 0 Å². The zero-order chi connectivity index (χ0) is 18.4. The van der Waals surface area contributed by atoms with Gasteiger partial charge in [-0.15, -0.1) is 0 Å². The fraction of sp³-hybridized carbons (Fsp3) is 0.636. The molecule has 0 unspecified atom stereocenters. The van der Waals surface area contributed by atoms with Gasteiger partial charge in [-0.05, 0) is 62.8 Å². The first-order valence-electron chi connectivity index (χ1n) is 10.5. The summed E-state index contributed by atoms with van der Waals surface area (Å²) >= 11 is 0. The van der Waals surface area contributed by atoms with Crippen molar-refractivity contribution in [2.24, 2.45) is 11.8 Å². The van der Waals surface area contributed by atoms with Crippen LogP contribution in [0.2, 0.25) is 0 Å². The van der Waals surface area contributed by atoms with E-state index in [0.717, 1.165) is 69.5 Å². The minimum atomic E-state index is 0.267. The van der Waals surface area contributed by atoms with Gasteiger partial charge in [0.25, 0.3) is 0 Å². The molecule has 2 aliphatic heterocycles. The molecule has 2 atom stereocenters. The molecule has 1 amide bonds. The third kappa shape index (κ3) is 3.62. The summed E-state index contributed by atoms with van der Waals surface area (Å²) in [5.41, 5.74) is 0.809. The Morgan fingerprint density at radius 1 is 0.963 bits per heavy atom. The molecule has 0 N–H and O–H groups in total. The second-order valence-electron chi connectivity index (χ2n) is 8.67. The molecule has 0 radical (unpaired) electrons. The van der Waals surface area contributed by atoms with Crippen molar-refractivity contribution in [3.05, 3.63) is 29.8 Å². The van der Waals surface area contributed by atoms with Gasteiger partial charge in [0.1, 0.15) is 5.75 Å². The maximum atomic E-state index is 12.3. The molecule has 27 heavy (non-hydrogen) atoms. The molecule has 4 fully saturated rings. The second-order valence-corrected chi connectivity index (χ2v) is 8.67. The highest BCUT2D eigenvalue weighted by Gasteiger charge is 2.47. The number of fused-ring (bicyclic) bond motifs is 2. The lowest BCUT2D eigenvalue weighted by Crippen LogP contribution is -2.49. The number of nitrogens with zero attached hydrogens (tertiary/aromatic N) is 2. The van der Waals surface area contributed by atoms with E-state index in [1.54, 1.807) is 0 Å². The number of rotatable bonds is 8. The first kappa shape index (κ1) is 17.2. The Hall–Kier alpha value is -1.88. The molecule has 0 aromatic heterocycles. The lowest BCUT2D eigenvalue weighted by atomic mass is 10.1. The van der Waals surface area contributed by atoms with Crippen molar-refractivity contribution in [1.82, 2.24) is 9.80 Å². The number of likely N-dealkylation sites (tertiary alicyclic amines) is 2. The minimum absolute atomic E-state index is 0.267. The number of piperazine rings is 1. The number of carbonyl (C=O) groups excluding carboxylic acids is 2. The van der Waals surface area contributed by atoms with Crippen molar-refractivity contribution < 1.29 is 14.3 Å². The molecule has 2 aliphatic carbocycles. The highest BCUT2D eigenvalue weighted by Crippen LogP contribution is 2.37. The van der Waals surface area contributed by atoms with Gasteiger partial charge in [0.05, 0.1) is 6.61 Å². The normalized spacial score (nSPS) is 27.2. The molecule has 5 heteroatoms. The SMILES string of the molecule is O=C(c1ccc(OCCCN2C[C@@H]3C[C@H]2CN3C(=O)C2CC2)cc1)C1CC1. The van der Waals surface area contributed by atoms with Gasteiger partial charge >= 0.3 is 0 Å². The maximum absolute atomic E-state index is 12.3. The predicted molar refractivity (Wildman–Crippen MR) is 102 cm³/mol. The van der Waals surface area contributed by atoms with Gasteiger partial charge in [0, 0.05) is 49.1 Å². The van der Waals surface area contributed by atoms with Crippen LogP contribution in [0, 0.1) is 11.8 Å². The van der Waals surface area contributed by atoms with Crippen LogP contribution in [-0.4, -0.2) is 59.8 Å². The zero-order valence-corrected chi connectivity index (χ0v) is 15.8. The number of hydrogen-bond donors (Lipinski definition) is 0. The van der Waals surface area contributed by atoms with Crippen molar-refractivity contribution in [2.75, 3.05) is 26.2 Å². The van der Waals surface area contributed by atoms with Gasteiger partial charge in [0.15, 0.2) is 5.78 Å². The van der Waals surface area contributed by atoms with Gasteiger partial charge in [-0.3, -0.25) is 14.5 Å². The van der Waals surface area contributed by atoms with Crippen LogP contribution in [0.3, 0.4) is 0 Å². The van der Waals surface area contributed by atoms with E-state index < -0.39 is 0 Å². The molecule has 2 bridgehead atoms. The fourth-order valence-corrected chi connectivity index (χ4v) is 4.61. The fourth-order valence-electron chi connectivity index (χ4n) is 4.61. The van der Waals surface area contributed by atoms with E-state index >= 15 is 0 Å². The van der Waals surface area contributed by atoms with Crippen LogP contribution in [-0.2, 0) is 4.79 Å². The smallest absolute Gasteiger partial charge is 0.226 e. The van der Waals surface area contributed by atoms with Crippen LogP contribution in [0.25, 0.3) is 0 Å². The van der Waals surface area contributed by atoms with Crippen molar-refractivity contribution in [1.29, 1.82) is 0 Å². The summed E-state index contributed by atoms with van der Waals surface area (Å²) in [4.78, 5) is 29.0. The van der Waals surface area contributed by atoms with Gasteiger partial charge in [-0.25, -0.2) is 0 Å². The van der Waals surface area contributed by atoms with Crippen molar-refractivity contribution >= 4 is 11.7 Å². The van der Waals surface area contributed by atoms with Crippen LogP contribution in [0.4, 0.5) is 0 Å². The van der Waals surface area contributed by atoms with Gasteiger partial charge in [-0.1, -0.05) is 0 Å². The van der Waals surface area contributed by atoms with Crippen LogP contribution in [0.1, 0.15) is 48.9 Å². The number of amides is 1. The van der Waals surface area contributed by atoms with Crippen molar-refractivity contribution in [3.8, 4) is 5.75 Å². The zero-order valence-electron chi connectivity index (χ0n) is 15.8. The Bertz CT molecular complexity index is 724. The molecular formula is C22H28N2O3. The average Bonchev–Trinajstić information content (AvgIpc) is 3.62. The number of hydrogen-bond acceptors (Lipinski definition) is 4. The Morgan fingerprint density at radius 2 is 1.70 bits per heavy atom. The van der Waals surface area contributed by atoms with E-state index in [2.05, 4.69) is 9.80 Å². The third-order valence-electron chi connectivity index (χ3n) is 6.51. The lowest BCUT2D eigenvalue weighted by Gasteiger charge is -2.34. The molecule has 144 valence electrons. The summed E-state index contributed by atoms with van der Waals surface area (Å²) in [6, 6.07) is 8.59. The molecule has 1 aromatic carbocycles. The molecule has 1 aromatic rings. The Morgan fingerprint density at radius 3 is 2.33 bits per heavy atom. The number of ketones is 1. The Labute approximate surface area is 160 Å². The second kappa shape index (κ2) is 6.93. The number of carbonyl (C=O) groups is 2. The molecule has 0 spiro atoms. The summed E-state index contributed by atoms with van der Waals surface area (Å²) < 4.78 is 5.85. The van der Waals surface area contributed by atoms with E-state index in [0.29, 0.717) is 30.5 Å². The highest BCUT2D eigenvalue weighted by molar-refractivity contribution is 5.99. The predicted octanol–water partition coefficient (Wildman–Crippen LogP) is 2.74. The van der Waals surface area contributed by atoms with Gasteiger partial charge in [-0.2, -0.15) is 0 Å². The summed E-state index contributed by atoms with van der Waals surface area (Å²) in [5.74, 6) is 2.14. The lowest BCUT2D eigenvalue weighted by molar-refractivity contribution is -0.134. The monoisotopic (exact) mass is 368 g/mol. The summed E-state index contributed by atoms with van der Waals surface area (Å²) in [6.45, 7) is 3.68. The molecular weight excluding hydrogens is 340 g/mol. The minimum Gasteiger partial charge on any atom is -0.494 e. The molecule has 2 saturated heterocycles. The third-order valence-corrected chi connectivity index (χ3v) is 6.51. The standard InChI is InChI=1S/C22H28N2O3/c25-21(15-2-3-15)16-6-8-20(9-7-16)27-11-1-10-23-13-19-12-18(23)14-24(19)22(26)17-4-5-17/h6-9,15,17-19H,1-5,10-14H2/t18-,19-/m0/s1. The van der Waals surface area contributed by atoms with E-state index in [-0.39, 0.29) is 11.7 Å². The van der Waals surface area contributed by atoms with Gasteiger partial charge < -0.3 is 9.64 Å². The summed E-state index contributed by atoms with van der Waals surface area (Å²) in [5, 5.41) is 0. The quantitative estimate of drug-likeness (QED) is 0.523.